The van der Waals surface area contributed by atoms with E-state index in [1.165, 1.54) is 11.8 Å². The van der Waals surface area contributed by atoms with E-state index in [0.717, 1.165) is 10.6 Å². The van der Waals surface area contributed by atoms with Gasteiger partial charge in [0, 0.05) is 4.90 Å². The van der Waals surface area contributed by atoms with Gasteiger partial charge < -0.3 is 9.47 Å². The first-order valence-electron chi connectivity index (χ1n) is 8.24. The van der Waals surface area contributed by atoms with Crippen LogP contribution in [0.3, 0.4) is 0 Å². The zero-order valence-corrected chi connectivity index (χ0v) is 15.5. The minimum absolute atomic E-state index is 0.207. The Balaban J connectivity index is 1.71. The summed E-state index contributed by atoms with van der Waals surface area (Å²) in [5.74, 6) is 0.762. The van der Waals surface area contributed by atoms with Gasteiger partial charge in [-0.25, -0.2) is 0 Å². The Labute approximate surface area is 157 Å². The molecule has 0 aromatic heterocycles. The quantitative estimate of drug-likeness (QED) is 0.549. The molecule has 0 aliphatic heterocycles. The van der Waals surface area contributed by atoms with Gasteiger partial charge in [0.2, 0.25) is 5.91 Å². The van der Waals surface area contributed by atoms with Crippen molar-refractivity contribution in [3.05, 3.63) is 54.6 Å². The van der Waals surface area contributed by atoms with Gasteiger partial charge in [-0.2, -0.15) is 0 Å². The summed E-state index contributed by atoms with van der Waals surface area (Å²) < 4.78 is 10.9. The van der Waals surface area contributed by atoms with E-state index in [4.69, 9.17) is 9.47 Å². The van der Waals surface area contributed by atoms with E-state index in [0.29, 0.717) is 12.4 Å². The van der Waals surface area contributed by atoms with Crippen LogP contribution in [-0.2, 0) is 9.59 Å². The molecule has 138 valence electrons. The number of hydrogen-bond donors (Lipinski definition) is 2. The first-order valence-corrected chi connectivity index (χ1v) is 9.23. The highest BCUT2D eigenvalue weighted by atomic mass is 32.2. The molecule has 2 aromatic carbocycles. The molecule has 0 saturated carbocycles. The van der Waals surface area contributed by atoms with Gasteiger partial charge in [-0.1, -0.05) is 18.2 Å². The number of benzene rings is 2. The molecule has 0 unspecified atom stereocenters. The predicted octanol–water partition coefficient (Wildman–Crippen LogP) is 2.79. The number of carbonyl (C=O) groups is 2. The standard InChI is InChI=1S/C19H22N2O4S/c1-3-24-15-9-11-16(12-10-15)25-14(2)19(23)21-20-18(22)13-26-17-7-5-4-6-8-17/h4-12,14H,3,13H2,1-2H3,(H,20,22)(H,21,23)/t14-/m0/s1. The molecule has 1 atom stereocenters. The number of ether oxygens (including phenoxy) is 2. The maximum absolute atomic E-state index is 12.0. The number of thioether (sulfide) groups is 1. The first kappa shape index (κ1) is 19.7. The topological polar surface area (TPSA) is 76.7 Å². The van der Waals surface area contributed by atoms with E-state index in [-0.39, 0.29) is 11.7 Å². The van der Waals surface area contributed by atoms with E-state index in [9.17, 15) is 9.59 Å². The minimum Gasteiger partial charge on any atom is -0.494 e. The normalized spacial score (nSPS) is 11.3. The zero-order chi connectivity index (χ0) is 18.8. The molecule has 0 aliphatic carbocycles. The molecule has 0 fully saturated rings. The molecule has 0 bridgehead atoms. The van der Waals surface area contributed by atoms with Crippen LogP contribution in [-0.4, -0.2) is 30.3 Å². The molecule has 2 amide bonds. The second-order valence-electron chi connectivity index (χ2n) is 5.30. The molecule has 0 aliphatic rings. The maximum atomic E-state index is 12.0. The van der Waals surface area contributed by atoms with Gasteiger partial charge in [-0.3, -0.25) is 20.4 Å². The summed E-state index contributed by atoms with van der Waals surface area (Å²) in [6.07, 6.45) is -0.755. The molecule has 2 rings (SSSR count). The highest BCUT2D eigenvalue weighted by Crippen LogP contribution is 2.18. The SMILES string of the molecule is CCOc1ccc(O[C@@H](C)C(=O)NNC(=O)CSc2ccccc2)cc1. The van der Waals surface area contributed by atoms with Crippen molar-refractivity contribution in [2.24, 2.45) is 0 Å². The van der Waals surface area contributed by atoms with Crippen molar-refractivity contribution < 1.29 is 19.1 Å². The van der Waals surface area contributed by atoms with Crippen LogP contribution < -0.4 is 20.3 Å². The van der Waals surface area contributed by atoms with Crippen LogP contribution in [0, 0.1) is 0 Å². The summed E-state index contributed by atoms with van der Waals surface area (Å²) in [5.41, 5.74) is 4.75. The lowest BCUT2D eigenvalue weighted by atomic mass is 10.3. The number of rotatable bonds is 8. The van der Waals surface area contributed by atoms with Crippen molar-refractivity contribution in [3.8, 4) is 11.5 Å². The van der Waals surface area contributed by atoms with E-state index in [1.54, 1.807) is 31.2 Å². The minimum atomic E-state index is -0.755. The largest absolute Gasteiger partial charge is 0.494 e. The summed E-state index contributed by atoms with van der Waals surface area (Å²) in [4.78, 5) is 24.8. The van der Waals surface area contributed by atoms with Gasteiger partial charge in [-0.05, 0) is 50.2 Å². The Morgan fingerprint density at radius 3 is 2.31 bits per heavy atom. The van der Waals surface area contributed by atoms with Crippen molar-refractivity contribution in [2.75, 3.05) is 12.4 Å². The molecule has 0 saturated heterocycles. The number of hydrogen-bond acceptors (Lipinski definition) is 5. The van der Waals surface area contributed by atoms with Crippen molar-refractivity contribution in [1.82, 2.24) is 10.9 Å². The van der Waals surface area contributed by atoms with Crippen LogP contribution in [0.25, 0.3) is 0 Å². The van der Waals surface area contributed by atoms with Crippen molar-refractivity contribution in [2.45, 2.75) is 24.8 Å². The Hall–Kier alpha value is -2.67. The molecule has 6 nitrogen and oxygen atoms in total. The molecule has 26 heavy (non-hydrogen) atoms. The van der Waals surface area contributed by atoms with E-state index >= 15 is 0 Å². The van der Waals surface area contributed by atoms with Crippen molar-refractivity contribution in [3.63, 3.8) is 0 Å². The fraction of sp³-hybridized carbons (Fsp3) is 0.263. The Bertz CT molecular complexity index is 707. The lowest BCUT2D eigenvalue weighted by Gasteiger charge is -2.15. The first-order chi connectivity index (χ1) is 12.6. The smallest absolute Gasteiger partial charge is 0.279 e. The summed E-state index contributed by atoms with van der Waals surface area (Å²) in [7, 11) is 0. The van der Waals surface area contributed by atoms with Crippen LogP contribution in [0.4, 0.5) is 0 Å². The average molecular weight is 374 g/mol. The van der Waals surface area contributed by atoms with Gasteiger partial charge in [-0.15, -0.1) is 11.8 Å². The second kappa shape index (κ2) is 10.4. The van der Waals surface area contributed by atoms with Crippen LogP contribution in [0.15, 0.2) is 59.5 Å². The predicted molar refractivity (Wildman–Crippen MR) is 101 cm³/mol. The van der Waals surface area contributed by atoms with Crippen LogP contribution in [0.2, 0.25) is 0 Å². The highest BCUT2D eigenvalue weighted by molar-refractivity contribution is 8.00. The fourth-order valence-electron chi connectivity index (χ4n) is 1.97. The third-order valence-electron chi connectivity index (χ3n) is 3.26. The Kier molecular flexibility index (Phi) is 7.82. The van der Waals surface area contributed by atoms with E-state index in [1.807, 2.05) is 37.3 Å². The molecule has 7 heteroatoms. The van der Waals surface area contributed by atoms with Gasteiger partial charge in [0.05, 0.1) is 12.4 Å². The lowest BCUT2D eigenvalue weighted by Crippen LogP contribution is -2.47. The monoisotopic (exact) mass is 374 g/mol. The highest BCUT2D eigenvalue weighted by Gasteiger charge is 2.15. The Morgan fingerprint density at radius 2 is 1.65 bits per heavy atom. The van der Waals surface area contributed by atoms with E-state index in [2.05, 4.69) is 10.9 Å². The molecule has 2 aromatic rings. The summed E-state index contributed by atoms with van der Waals surface area (Å²) in [6, 6.07) is 16.6. The van der Waals surface area contributed by atoms with E-state index < -0.39 is 12.0 Å². The number of hydrazine groups is 1. The van der Waals surface area contributed by atoms with Crippen LogP contribution in [0.1, 0.15) is 13.8 Å². The Morgan fingerprint density at radius 1 is 1.00 bits per heavy atom. The van der Waals surface area contributed by atoms with Crippen LogP contribution >= 0.6 is 11.8 Å². The second-order valence-corrected chi connectivity index (χ2v) is 6.35. The average Bonchev–Trinajstić information content (AvgIpc) is 2.67. The molecule has 0 spiro atoms. The maximum Gasteiger partial charge on any atom is 0.279 e. The van der Waals surface area contributed by atoms with Crippen molar-refractivity contribution in [1.29, 1.82) is 0 Å². The third-order valence-corrected chi connectivity index (χ3v) is 4.27. The number of carbonyl (C=O) groups excluding carboxylic acids is 2. The summed E-state index contributed by atoms with van der Waals surface area (Å²) in [5, 5.41) is 0. The summed E-state index contributed by atoms with van der Waals surface area (Å²) in [6.45, 7) is 4.10. The fourth-order valence-corrected chi connectivity index (χ4v) is 2.69. The molecule has 2 N–H and O–H groups in total. The van der Waals surface area contributed by atoms with Gasteiger partial charge in [0.25, 0.3) is 5.91 Å². The van der Waals surface area contributed by atoms with Gasteiger partial charge in [0.1, 0.15) is 11.5 Å². The molecule has 0 heterocycles. The third kappa shape index (κ3) is 6.68. The van der Waals surface area contributed by atoms with Gasteiger partial charge >= 0.3 is 0 Å². The number of amides is 2. The van der Waals surface area contributed by atoms with Crippen LogP contribution in [0.5, 0.6) is 11.5 Å². The molecular formula is C19H22N2O4S. The van der Waals surface area contributed by atoms with Crippen molar-refractivity contribution >= 4 is 23.6 Å². The molecular weight excluding hydrogens is 352 g/mol. The van der Waals surface area contributed by atoms with Gasteiger partial charge in [0.15, 0.2) is 6.10 Å². The molecule has 0 radical (unpaired) electrons. The lowest BCUT2D eigenvalue weighted by molar-refractivity contribution is -0.131. The number of nitrogens with one attached hydrogen (secondary N) is 2. The summed E-state index contributed by atoms with van der Waals surface area (Å²) >= 11 is 1.39. The zero-order valence-electron chi connectivity index (χ0n) is 14.7.